The Morgan fingerprint density at radius 3 is 2.87 bits per heavy atom. The molecule has 0 radical (unpaired) electrons. The van der Waals surface area contributed by atoms with Crippen molar-refractivity contribution in [2.45, 2.75) is 12.8 Å². The maximum absolute atomic E-state index is 13.1. The lowest BCUT2D eigenvalue weighted by Crippen LogP contribution is -2.06. The first-order valence-corrected chi connectivity index (χ1v) is 4.94. The summed E-state index contributed by atoms with van der Waals surface area (Å²) in [7, 11) is 0. The van der Waals surface area contributed by atoms with E-state index in [1.54, 1.807) is 0 Å². The molecule has 0 atom stereocenters. The van der Waals surface area contributed by atoms with E-state index in [-0.39, 0.29) is 0 Å². The van der Waals surface area contributed by atoms with Gasteiger partial charge in [-0.15, -0.1) is 0 Å². The number of primary amides is 1. The largest absolute Gasteiger partial charge is 0.366 e. The Hall–Kier alpha value is -1.35. The third-order valence-electron chi connectivity index (χ3n) is 2.47. The van der Waals surface area contributed by atoms with Crippen LogP contribution in [0.25, 0.3) is 5.57 Å². The number of benzene rings is 1. The molecule has 2 rings (SSSR count). The fourth-order valence-corrected chi connectivity index (χ4v) is 2.16. The molecule has 2 N–H and O–H groups in total. The first kappa shape index (κ1) is 10.2. The second-order valence-corrected chi connectivity index (χ2v) is 3.89. The molecule has 0 saturated heterocycles. The predicted molar refractivity (Wildman–Crippen MR) is 56.9 cm³/mol. The van der Waals surface area contributed by atoms with E-state index in [4.69, 9.17) is 17.3 Å². The molecule has 4 heteroatoms. The molecule has 0 heterocycles. The molecule has 0 fully saturated rings. The van der Waals surface area contributed by atoms with Crippen molar-refractivity contribution in [3.05, 3.63) is 40.2 Å². The van der Waals surface area contributed by atoms with Gasteiger partial charge in [-0.05, 0) is 41.7 Å². The van der Waals surface area contributed by atoms with E-state index < -0.39 is 11.7 Å². The van der Waals surface area contributed by atoms with Crippen LogP contribution in [-0.4, -0.2) is 5.91 Å². The second-order valence-electron chi connectivity index (χ2n) is 3.49. The minimum Gasteiger partial charge on any atom is -0.366 e. The zero-order valence-corrected chi connectivity index (χ0v) is 8.64. The van der Waals surface area contributed by atoms with Gasteiger partial charge in [0.1, 0.15) is 5.82 Å². The van der Waals surface area contributed by atoms with Crippen molar-refractivity contribution in [2.75, 3.05) is 0 Å². The molecule has 78 valence electrons. The Labute approximate surface area is 91.5 Å². The molecular weight excluding hydrogens is 217 g/mol. The van der Waals surface area contributed by atoms with Crippen molar-refractivity contribution < 1.29 is 9.18 Å². The number of halogens is 2. The van der Waals surface area contributed by atoms with Crippen molar-refractivity contribution in [3.63, 3.8) is 0 Å². The Kier molecular flexibility index (Phi) is 2.49. The van der Waals surface area contributed by atoms with Gasteiger partial charge in [-0.25, -0.2) is 4.39 Å². The smallest absolute Gasteiger partial charge is 0.241 e. The molecule has 15 heavy (non-hydrogen) atoms. The first-order chi connectivity index (χ1) is 7.08. The minimum absolute atomic E-state index is 0.393. The summed E-state index contributed by atoms with van der Waals surface area (Å²) in [6.45, 7) is 0. The molecule has 0 unspecified atom stereocenters. The third-order valence-corrected chi connectivity index (χ3v) is 2.80. The van der Waals surface area contributed by atoms with Crippen LogP contribution in [0.15, 0.2) is 18.2 Å². The molecule has 1 amide bonds. The summed E-state index contributed by atoms with van der Waals surface area (Å²) in [5.41, 5.74) is 7.43. The summed E-state index contributed by atoms with van der Waals surface area (Å²) in [6, 6.07) is 2.68. The van der Waals surface area contributed by atoms with Gasteiger partial charge in [0.05, 0.1) is 0 Å². The number of amides is 1. The van der Waals surface area contributed by atoms with Crippen molar-refractivity contribution in [2.24, 2.45) is 5.73 Å². The molecule has 0 saturated carbocycles. The summed E-state index contributed by atoms with van der Waals surface area (Å²) in [5.74, 6) is -0.908. The highest BCUT2D eigenvalue weighted by Gasteiger charge is 2.20. The summed E-state index contributed by atoms with van der Waals surface area (Å²) in [4.78, 5) is 10.8. The van der Waals surface area contributed by atoms with Crippen molar-refractivity contribution in [1.82, 2.24) is 0 Å². The van der Waals surface area contributed by atoms with Crippen LogP contribution in [0.1, 0.15) is 17.5 Å². The Morgan fingerprint density at radius 2 is 2.20 bits per heavy atom. The highest BCUT2D eigenvalue weighted by Crippen LogP contribution is 2.36. The van der Waals surface area contributed by atoms with Crippen molar-refractivity contribution >= 4 is 23.1 Å². The molecule has 1 aromatic carbocycles. The highest BCUT2D eigenvalue weighted by molar-refractivity contribution is 6.31. The van der Waals surface area contributed by atoms with Crippen LogP contribution in [0.3, 0.4) is 0 Å². The summed E-state index contributed by atoms with van der Waals surface area (Å²) < 4.78 is 13.1. The molecule has 1 aliphatic carbocycles. The van der Waals surface area contributed by atoms with Crippen LogP contribution in [-0.2, 0) is 11.2 Å². The van der Waals surface area contributed by atoms with Crippen LogP contribution >= 0.6 is 11.6 Å². The van der Waals surface area contributed by atoms with Gasteiger partial charge in [0, 0.05) is 11.1 Å². The molecule has 2 nitrogen and oxygen atoms in total. The molecule has 0 bridgehead atoms. The van der Waals surface area contributed by atoms with Crippen LogP contribution in [0.2, 0.25) is 5.02 Å². The van der Waals surface area contributed by atoms with E-state index >= 15 is 0 Å². The molecular formula is C11H9ClFNO. The maximum atomic E-state index is 13.1. The van der Waals surface area contributed by atoms with Crippen molar-refractivity contribution in [3.8, 4) is 0 Å². The number of carbonyl (C=O) groups is 1. The number of hydrogen-bond donors (Lipinski definition) is 1. The molecule has 0 spiro atoms. The summed E-state index contributed by atoms with van der Waals surface area (Å²) in [6.07, 6.45) is 2.75. The van der Waals surface area contributed by atoms with Gasteiger partial charge in [0.2, 0.25) is 5.91 Å². The van der Waals surface area contributed by atoms with E-state index in [0.29, 0.717) is 17.0 Å². The normalized spacial score (nSPS) is 16.8. The van der Waals surface area contributed by atoms with E-state index in [1.165, 1.54) is 18.2 Å². The molecule has 1 aliphatic rings. The van der Waals surface area contributed by atoms with E-state index in [9.17, 15) is 9.18 Å². The lowest BCUT2D eigenvalue weighted by molar-refractivity contribution is -0.113. The molecule has 0 aliphatic heterocycles. The lowest BCUT2D eigenvalue weighted by atomic mass is 10.1. The number of rotatable bonds is 1. The molecule has 0 aromatic heterocycles. The van der Waals surface area contributed by atoms with Crippen LogP contribution in [0, 0.1) is 5.82 Å². The number of hydrogen-bond acceptors (Lipinski definition) is 1. The first-order valence-electron chi connectivity index (χ1n) is 4.56. The molecule has 1 aromatic rings. The summed E-state index contributed by atoms with van der Waals surface area (Å²) >= 11 is 5.89. The zero-order chi connectivity index (χ0) is 11.0. The Morgan fingerprint density at radius 1 is 1.47 bits per heavy atom. The quantitative estimate of drug-likeness (QED) is 0.733. The monoisotopic (exact) mass is 225 g/mol. The van der Waals surface area contributed by atoms with E-state index in [0.717, 1.165) is 17.6 Å². The van der Waals surface area contributed by atoms with Gasteiger partial charge in [-0.1, -0.05) is 11.6 Å². The fraction of sp³-hybridized carbons (Fsp3) is 0.182. The SMILES string of the molecule is NC(=O)C=C1CCc2c(Cl)cc(F)cc21. The average molecular weight is 226 g/mol. The van der Waals surface area contributed by atoms with Crippen LogP contribution < -0.4 is 5.73 Å². The predicted octanol–water partition coefficient (Wildman–Crippen LogP) is 2.29. The van der Waals surface area contributed by atoms with Crippen LogP contribution in [0.5, 0.6) is 0 Å². The minimum atomic E-state index is -0.516. The van der Waals surface area contributed by atoms with Crippen molar-refractivity contribution in [1.29, 1.82) is 0 Å². The topological polar surface area (TPSA) is 43.1 Å². The Bertz CT molecular complexity index is 468. The highest BCUT2D eigenvalue weighted by atomic mass is 35.5. The number of carbonyl (C=O) groups excluding carboxylic acids is 1. The van der Waals surface area contributed by atoms with Gasteiger partial charge in [-0.3, -0.25) is 4.79 Å². The van der Waals surface area contributed by atoms with E-state index in [1.807, 2.05) is 0 Å². The number of nitrogens with two attached hydrogens (primary N) is 1. The second kappa shape index (κ2) is 3.66. The lowest BCUT2D eigenvalue weighted by Gasteiger charge is -2.02. The van der Waals surface area contributed by atoms with Gasteiger partial charge in [0.15, 0.2) is 0 Å². The van der Waals surface area contributed by atoms with Crippen LogP contribution in [0.4, 0.5) is 4.39 Å². The van der Waals surface area contributed by atoms with Gasteiger partial charge >= 0.3 is 0 Å². The number of allylic oxidation sites excluding steroid dienone is 1. The van der Waals surface area contributed by atoms with Gasteiger partial charge < -0.3 is 5.73 Å². The summed E-state index contributed by atoms with van der Waals surface area (Å²) in [5, 5.41) is 0.415. The van der Waals surface area contributed by atoms with Gasteiger partial charge in [0.25, 0.3) is 0 Å². The third kappa shape index (κ3) is 1.88. The zero-order valence-electron chi connectivity index (χ0n) is 7.89. The Balaban J connectivity index is 2.55. The fourth-order valence-electron chi connectivity index (χ4n) is 1.86. The maximum Gasteiger partial charge on any atom is 0.241 e. The average Bonchev–Trinajstić information content (AvgIpc) is 2.48. The number of fused-ring (bicyclic) bond motifs is 1. The van der Waals surface area contributed by atoms with E-state index in [2.05, 4.69) is 0 Å². The standard InChI is InChI=1S/C11H9ClFNO/c12-10-5-7(13)4-9-6(3-11(14)15)1-2-8(9)10/h3-5H,1-2H2,(H2,14,15). The van der Waals surface area contributed by atoms with Gasteiger partial charge in [-0.2, -0.15) is 0 Å².